The summed E-state index contributed by atoms with van der Waals surface area (Å²) in [6, 6.07) is 5.66. The summed E-state index contributed by atoms with van der Waals surface area (Å²) in [5.41, 5.74) is 7.37. The highest BCUT2D eigenvalue weighted by atomic mass is 16.4. The molecule has 1 aliphatic heterocycles. The lowest BCUT2D eigenvalue weighted by Crippen LogP contribution is -2.34. The topological polar surface area (TPSA) is 69.8 Å². The van der Waals surface area contributed by atoms with Crippen LogP contribution in [0.2, 0.25) is 0 Å². The molecule has 5 nitrogen and oxygen atoms in total. The maximum Gasteiger partial charge on any atom is 0.337 e. The lowest BCUT2D eigenvalue weighted by Gasteiger charge is -2.24. The molecule has 0 aliphatic carbocycles. The number of anilines is 2. The summed E-state index contributed by atoms with van der Waals surface area (Å²) in [5.74, 6) is -0.446. The number of rotatable bonds is 3. The van der Waals surface area contributed by atoms with Crippen molar-refractivity contribution in [1.82, 2.24) is 4.90 Å². The number of carbonyl (C=O) groups is 1. The summed E-state index contributed by atoms with van der Waals surface area (Å²) in [5, 5.41) is 9.12. The van der Waals surface area contributed by atoms with Gasteiger partial charge in [-0.25, -0.2) is 4.79 Å². The fraction of sp³-hybridized carbons (Fsp3) is 0.500. The largest absolute Gasteiger partial charge is 0.478 e. The average molecular weight is 263 g/mol. The number of hydrogen-bond donors (Lipinski definition) is 2. The van der Waals surface area contributed by atoms with Gasteiger partial charge in [0.25, 0.3) is 0 Å². The summed E-state index contributed by atoms with van der Waals surface area (Å²) in [6.45, 7) is 3.99. The van der Waals surface area contributed by atoms with Crippen LogP contribution in [0.25, 0.3) is 0 Å². The molecule has 19 heavy (non-hydrogen) atoms. The Morgan fingerprint density at radius 1 is 1.42 bits per heavy atom. The zero-order valence-corrected chi connectivity index (χ0v) is 11.6. The van der Waals surface area contributed by atoms with Crippen molar-refractivity contribution in [2.45, 2.75) is 13.0 Å². The van der Waals surface area contributed by atoms with Crippen LogP contribution in [0.1, 0.15) is 17.3 Å². The monoisotopic (exact) mass is 263 g/mol. The molecule has 2 rings (SSSR count). The maximum absolute atomic E-state index is 11.1. The molecule has 0 bridgehead atoms. The number of nitrogens with two attached hydrogens (primary N) is 1. The molecule has 1 aliphatic rings. The molecule has 1 aromatic carbocycles. The van der Waals surface area contributed by atoms with E-state index >= 15 is 0 Å². The minimum absolute atomic E-state index is 0.179. The highest BCUT2D eigenvalue weighted by Gasteiger charge is 2.32. The average Bonchev–Trinajstić information content (AvgIpc) is 2.71. The normalized spacial score (nSPS) is 23.1. The van der Waals surface area contributed by atoms with Gasteiger partial charge < -0.3 is 20.6 Å². The van der Waals surface area contributed by atoms with Gasteiger partial charge in [-0.1, -0.05) is 13.0 Å². The van der Waals surface area contributed by atoms with Crippen molar-refractivity contribution in [3.8, 4) is 0 Å². The molecule has 104 valence electrons. The molecular formula is C14H21N3O2. The highest BCUT2D eigenvalue weighted by molar-refractivity contribution is 5.97. The predicted octanol–water partition coefficient (Wildman–Crippen LogP) is 1.35. The van der Waals surface area contributed by atoms with Crippen LogP contribution < -0.4 is 10.6 Å². The Bertz CT molecular complexity index is 488. The van der Waals surface area contributed by atoms with Gasteiger partial charge in [0.1, 0.15) is 0 Å². The lowest BCUT2D eigenvalue weighted by atomic mass is 10.1. The molecule has 1 fully saturated rings. The Balaban J connectivity index is 2.29. The van der Waals surface area contributed by atoms with Crippen molar-refractivity contribution < 1.29 is 9.90 Å². The van der Waals surface area contributed by atoms with Crippen molar-refractivity contribution in [2.24, 2.45) is 5.92 Å². The first-order chi connectivity index (χ1) is 8.91. The Labute approximate surface area is 113 Å². The van der Waals surface area contributed by atoms with Crippen LogP contribution in [0.5, 0.6) is 0 Å². The molecular weight excluding hydrogens is 242 g/mol. The molecule has 3 N–H and O–H groups in total. The van der Waals surface area contributed by atoms with Gasteiger partial charge in [-0.2, -0.15) is 0 Å². The minimum Gasteiger partial charge on any atom is -0.478 e. The molecule has 1 saturated heterocycles. The summed E-state index contributed by atoms with van der Waals surface area (Å²) in [4.78, 5) is 15.5. The number of benzene rings is 1. The Kier molecular flexibility index (Phi) is 3.66. The molecule has 1 aromatic rings. The molecule has 1 heterocycles. The second-order valence-corrected chi connectivity index (χ2v) is 5.46. The van der Waals surface area contributed by atoms with E-state index in [1.807, 2.05) is 6.07 Å². The zero-order valence-electron chi connectivity index (χ0n) is 11.6. The minimum atomic E-state index is -0.976. The number of carboxylic acids is 1. The van der Waals surface area contributed by atoms with E-state index in [1.165, 1.54) is 0 Å². The second kappa shape index (κ2) is 5.09. The van der Waals surface area contributed by atoms with Gasteiger partial charge in [0, 0.05) is 19.1 Å². The molecule has 2 unspecified atom stereocenters. The molecule has 0 radical (unpaired) electrons. The summed E-state index contributed by atoms with van der Waals surface area (Å²) >= 11 is 0. The zero-order chi connectivity index (χ0) is 14.2. The van der Waals surface area contributed by atoms with Gasteiger partial charge in [0.05, 0.1) is 16.9 Å². The standard InChI is InChI=1S/C14H21N3O2/c1-9-7-17(8-12(9)16(2)3)11-6-4-5-10(13(11)15)14(18)19/h4-6,9,12H,7-8,15H2,1-3H3,(H,18,19). The number of nitrogen functional groups attached to an aromatic ring is 1. The number of nitrogens with zero attached hydrogens (tertiary/aromatic N) is 2. The summed E-state index contributed by atoms with van der Waals surface area (Å²) < 4.78 is 0. The Morgan fingerprint density at radius 3 is 2.63 bits per heavy atom. The molecule has 2 atom stereocenters. The molecule has 5 heteroatoms. The number of aromatic carboxylic acids is 1. The van der Waals surface area contributed by atoms with Crippen molar-refractivity contribution in [3.05, 3.63) is 23.8 Å². The van der Waals surface area contributed by atoms with E-state index in [0.29, 0.717) is 17.6 Å². The van der Waals surface area contributed by atoms with E-state index < -0.39 is 5.97 Å². The van der Waals surface area contributed by atoms with Crippen LogP contribution in [0.3, 0.4) is 0 Å². The predicted molar refractivity (Wildman–Crippen MR) is 76.7 cm³/mol. The smallest absolute Gasteiger partial charge is 0.337 e. The number of para-hydroxylation sites is 1. The lowest BCUT2D eigenvalue weighted by molar-refractivity contribution is 0.0698. The van der Waals surface area contributed by atoms with Crippen LogP contribution in [0.4, 0.5) is 11.4 Å². The van der Waals surface area contributed by atoms with E-state index in [0.717, 1.165) is 18.8 Å². The number of likely N-dealkylation sites (N-methyl/N-ethyl adjacent to an activating group) is 1. The summed E-state index contributed by atoms with van der Waals surface area (Å²) in [7, 11) is 4.14. The summed E-state index contributed by atoms with van der Waals surface area (Å²) in [6.07, 6.45) is 0. The van der Waals surface area contributed by atoms with Gasteiger partial charge in [-0.3, -0.25) is 0 Å². The number of hydrogen-bond acceptors (Lipinski definition) is 4. The third kappa shape index (κ3) is 2.51. The second-order valence-electron chi connectivity index (χ2n) is 5.46. The Hall–Kier alpha value is -1.75. The van der Waals surface area contributed by atoms with Crippen LogP contribution in [-0.4, -0.2) is 49.2 Å². The first-order valence-electron chi connectivity index (χ1n) is 6.45. The fourth-order valence-electron chi connectivity index (χ4n) is 2.83. The van der Waals surface area contributed by atoms with Crippen molar-refractivity contribution in [3.63, 3.8) is 0 Å². The molecule has 0 spiro atoms. The maximum atomic E-state index is 11.1. The van der Waals surface area contributed by atoms with E-state index in [4.69, 9.17) is 10.8 Å². The van der Waals surface area contributed by atoms with Crippen LogP contribution >= 0.6 is 0 Å². The van der Waals surface area contributed by atoms with Gasteiger partial charge in [-0.15, -0.1) is 0 Å². The third-order valence-corrected chi connectivity index (χ3v) is 3.89. The highest BCUT2D eigenvalue weighted by Crippen LogP contribution is 2.32. The van der Waals surface area contributed by atoms with Gasteiger partial charge >= 0.3 is 5.97 Å². The van der Waals surface area contributed by atoms with Gasteiger partial charge in [0.2, 0.25) is 0 Å². The van der Waals surface area contributed by atoms with Gasteiger partial charge in [0.15, 0.2) is 0 Å². The molecule has 0 aromatic heterocycles. The quantitative estimate of drug-likeness (QED) is 0.806. The van der Waals surface area contributed by atoms with Crippen LogP contribution in [0, 0.1) is 5.92 Å². The number of carboxylic acid groups (broad SMARTS) is 1. The van der Waals surface area contributed by atoms with Gasteiger partial charge in [-0.05, 0) is 32.1 Å². The van der Waals surface area contributed by atoms with E-state index in [-0.39, 0.29) is 5.56 Å². The first kappa shape index (κ1) is 13.7. The first-order valence-corrected chi connectivity index (χ1v) is 6.45. The SMILES string of the molecule is CC1CN(c2cccc(C(=O)O)c2N)CC1N(C)C. The van der Waals surface area contributed by atoms with E-state index in [1.54, 1.807) is 12.1 Å². The van der Waals surface area contributed by atoms with Crippen LogP contribution in [0.15, 0.2) is 18.2 Å². The molecule has 0 amide bonds. The van der Waals surface area contributed by atoms with Crippen molar-refractivity contribution in [1.29, 1.82) is 0 Å². The molecule has 0 saturated carbocycles. The third-order valence-electron chi connectivity index (χ3n) is 3.89. The van der Waals surface area contributed by atoms with E-state index in [2.05, 4.69) is 30.8 Å². The van der Waals surface area contributed by atoms with Crippen molar-refractivity contribution >= 4 is 17.3 Å². The Morgan fingerprint density at radius 2 is 2.11 bits per heavy atom. The van der Waals surface area contributed by atoms with Crippen LogP contribution in [-0.2, 0) is 0 Å². The fourth-order valence-corrected chi connectivity index (χ4v) is 2.83. The van der Waals surface area contributed by atoms with E-state index in [9.17, 15) is 4.79 Å². The van der Waals surface area contributed by atoms with Crippen molar-refractivity contribution in [2.75, 3.05) is 37.8 Å².